The van der Waals surface area contributed by atoms with Gasteiger partial charge in [0.25, 0.3) is 0 Å². The van der Waals surface area contributed by atoms with Crippen molar-refractivity contribution in [1.82, 2.24) is 9.97 Å². The van der Waals surface area contributed by atoms with Gasteiger partial charge in [0.2, 0.25) is 0 Å². The molecule has 0 aliphatic carbocycles. The molecule has 1 atom stereocenters. The lowest BCUT2D eigenvalue weighted by molar-refractivity contribution is 0.0464. The molecule has 1 aromatic heterocycles. The number of anilines is 1. The molecule has 0 radical (unpaired) electrons. The fraction of sp³-hybridized carbons (Fsp3) is 0.625. The molecule has 1 aliphatic rings. The second kappa shape index (κ2) is 7.57. The number of ether oxygens (including phenoxy) is 2. The maximum Gasteiger partial charge on any atom is 0.416 e. The van der Waals surface area contributed by atoms with Gasteiger partial charge in [-0.3, -0.25) is 4.90 Å². The van der Waals surface area contributed by atoms with Gasteiger partial charge in [-0.15, -0.1) is 0 Å². The molecule has 0 spiro atoms. The predicted molar refractivity (Wildman–Crippen MR) is 86.1 cm³/mol. The Bertz CT molecular complexity index is 594. The van der Waals surface area contributed by atoms with Gasteiger partial charge in [-0.05, 0) is 33.6 Å². The van der Waals surface area contributed by atoms with Crippen LogP contribution in [0.4, 0.5) is 10.6 Å². The van der Waals surface area contributed by atoms with Crippen molar-refractivity contribution in [3.63, 3.8) is 0 Å². The van der Waals surface area contributed by atoms with Gasteiger partial charge in [-0.1, -0.05) is 0 Å². The molecule has 8 heteroatoms. The van der Waals surface area contributed by atoms with E-state index in [-0.39, 0.29) is 24.0 Å². The van der Waals surface area contributed by atoms with Crippen LogP contribution in [0.5, 0.6) is 0 Å². The molecule has 0 bridgehead atoms. The summed E-state index contributed by atoms with van der Waals surface area (Å²) in [6.07, 6.45) is 3.79. The Kier molecular flexibility index (Phi) is 5.71. The Hall–Kier alpha value is -2.22. The standard InChI is InChI=1S/C16H23N3O5/c1-16(2,3)24-15(22)19(9-11-5-4-8-23-10-11)13-12(14(20)21)17-6-7-18-13/h6-7,11H,4-5,8-10H2,1-3H3,(H,20,21). The van der Waals surface area contributed by atoms with Crippen molar-refractivity contribution in [2.24, 2.45) is 5.92 Å². The van der Waals surface area contributed by atoms with Gasteiger partial charge >= 0.3 is 12.1 Å². The number of aromatic nitrogens is 2. The van der Waals surface area contributed by atoms with Crippen molar-refractivity contribution in [2.75, 3.05) is 24.7 Å². The summed E-state index contributed by atoms with van der Waals surface area (Å²) in [5.74, 6) is -1.16. The Labute approximate surface area is 140 Å². The van der Waals surface area contributed by atoms with E-state index in [4.69, 9.17) is 9.47 Å². The van der Waals surface area contributed by atoms with Crippen LogP contribution < -0.4 is 4.90 Å². The molecule has 1 fully saturated rings. The lowest BCUT2D eigenvalue weighted by atomic mass is 10.0. The van der Waals surface area contributed by atoms with Crippen LogP contribution in [0.1, 0.15) is 44.1 Å². The summed E-state index contributed by atoms with van der Waals surface area (Å²) in [6.45, 7) is 6.75. The highest BCUT2D eigenvalue weighted by Gasteiger charge is 2.31. The van der Waals surface area contributed by atoms with Gasteiger partial charge < -0.3 is 14.6 Å². The third kappa shape index (κ3) is 4.89. The van der Waals surface area contributed by atoms with E-state index in [9.17, 15) is 14.7 Å². The van der Waals surface area contributed by atoms with Crippen molar-refractivity contribution >= 4 is 17.9 Å². The fourth-order valence-corrected chi connectivity index (χ4v) is 2.45. The third-order valence-electron chi connectivity index (χ3n) is 3.45. The second-order valence-corrected chi connectivity index (χ2v) is 6.71. The molecule has 1 N–H and O–H groups in total. The van der Waals surface area contributed by atoms with Gasteiger partial charge in [-0.25, -0.2) is 19.6 Å². The topological polar surface area (TPSA) is 102 Å². The monoisotopic (exact) mass is 337 g/mol. The van der Waals surface area contributed by atoms with Crippen LogP contribution in [0.3, 0.4) is 0 Å². The molecule has 1 aliphatic heterocycles. The fourth-order valence-electron chi connectivity index (χ4n) is 2.45. The number of carbonyl (C=O) groups is 2. The SMILES string of the molecule is CC(C)(C)OC(=O)N(CC1CCCOC1)c1nccnc1C(=O)O. The summed E-state index contributed by atoms with van der Waals surface area (Å²) in [6, 6.07) is 0. The summed E-state index contributed by atoms with van der Waals surface area (Å²) in [4.78, 5) is 33.2. The Morgan fingerprint density at radius 3 is 2.67 bits per heavy atom. The first-order valence-corrected chi connectivity index (χ1v) is 7.90. The van der Waals surface area contributed by atoms with Gasteiger partial charge in [0.05, 0.1) is 6.61 Å². The zero-order valence-electron chi connectivity index (χ0n) is 14.2. The second-order valence-electron chi connectivity index (χ2n) is 6.71. The normalized spacial score (nSPS) is 18.0. The average Bonchev–Trinajstić information content (AvgIpc) is 2.52. The van der Waals surface area contributed by atoms with E-state index in [0.717, 1.165) is 12.8 Å². The average molecular weight is 337 g/mol. The minimum absolute atomic E-state index is 0.00942. The molecule has 1 aromatic rings. The van der Waals surface area contributed by atoms with E-state index in [1.165, 1.54) is 17.3 Å². The largest absolute Gasteiger partial charge is 0.476 e. The highest BCUT2D eigenvalue weighted by atomic mass is 16.6. The van der Waals surface area contributed by atoms with Crippen LogP contribution >= 0.6 is 0 Å². The number of aromatic carboxylic acids is 1. The maximum absolute atomic E-state index is 12.6. The van der Waals surface area contributed by atoms with Crippen LogP contribution in [-0.2, 0) is 9.47 Å². The minimum atomic E-state index is -1.24. The highest BCUT2D eigenvalue weighted by molar-refractivity contribution is 5.97. The van der Waals surface area contributed by atoms with Crippen molar-refractivity contribution in [1.29, 1.82) is 0 Å². The number of hydrogen-bond donors (Lipinski definition) is 1. The number of amides is 1. The molecule has 8 nitrogen and oxygen atoms in total. The number of rotatable bonds is 4. The lowest BCUT2D eigenvalue weighted by Crippen LogP contribution is -2.42. The van der Waals surface area contributed by atoms with Crippen LogP contribution in [0, 0.1) is 5.92 Å². The van der Waals surface area contributed by atoms with E-state index in [0.29, 0.717) is 13.2 Å². The molecule has 1 amide bonds. The molecule has 132 valence electrons. The Balaban J connectivity index is 2.31. The predicted octanol–water partition coefficient (Wildman–Crippen LogP) is 2.34. The number of carbonyl (C=O) groups excluding carboxylic acids is 1. The van der Waals surface area contributed by atoms with Gasteiger partial charge in [0.1, 0.15) is 5.60 Å². The number of nitrogens with zero attached hydrogens (tertiary/aromatic N) is 3. The molecule has 2 rings (SSSR count). The van der Waals surface area contributed by atoms with E-state index >= 15 is 0 Å². The smallest absolute Gasteiger partial charge is 0.416 e. The first kappa shape index (κ1) is 18.1. The molecule has 1 saturated heterocycles. The summed E-state index contributed by atoms with van der Waals surface area (Å²) < 4.78 is 10.9. The van der Waals surface area contributed by atoms with Crippen molar-refractivity contribution in [3.05, 3.63) is 18.1 Å². The van der Waals surface area contributed by atoms with Gasteiger partial charge in [0, 0.05) is 31.5 Å². The summed E-state index contributed by atoms with van der Waals surface area (Å²) in [7, 11) is 0. The van der Waals surface area contributed by atoms with Crippen LogP contribution in [0.25, 0.3) is 0 Å². The summed E-state index contributed by atoms with van der Waals surface area (Å²) in [5.41, 5.74) is -0.982. The van der Waals surface area contributed by atoms with E-state index in [1.54, 1.807) is 20.8 Å². The maximum atomic E-state index is 12.6. The van der Waals surface area contributed by atoms with E-state index in [1.807, 2.05) is 0 Å². The first-order chi connectivity index (χ1) is 11.3. The summed E-state index contributed by atoms with van der Waals surface area (Å²) >= 11 is 0. The van der Waals surface area contributed by atoms with Crippen LogP contribution in [0.2, 0.25) is 0 Å². The molecule has 1 unspecified atom stereocenters. The Morgan fingerprint density at radius 2 is 2.08 bits per heavy atom. The van der Waals surface area contributed by atoms with Crippen LogP contribution in [0.15, 0.2) is 12.4 Å². The Morgan fingerprint density at radius 1 is 1.38 bits per heavy atom. The van der Waals surface area contributed by atoms with E-state index in [2.05, 4.69) is 9.97 Å². The quantitative estimate of drug-likeness (QED) is 0.899. The molecule has 2 heterocycles. The van der Waals surface area contributed by atoms with Gasteiger partial charge in [-0.2, -0.15) is 0 Å². The molecule has 24 heavy (non-hydrogen) atoms. The number of hydrogen-bond acceptors (Lipinski definition) is 6. The number of carboxylic acids is 1. The third-order valence-corrected chi connectivity index (χ3v) is 3.45. The van der Waals surface area contributed by atoms with Crippen molar-refractivity contribution < 1.29 is 24.2 Å². The molecular weight excluding hydrogens is 314 g/mol. The molecule has 0 saturated carbocycles. The van der Waals surface area contributed by atoms with Crippen molar-refractivity contribution in [3.8, 4) is 0 Å². The zero-order chi connectivity index (χ0) is 17.7. The first-order valence-electron chi connectivity index (χ1n) is 7.90. The van der Waals surface area contributed by atoms with Crippen LogP contribution in [-0.4, -0.2) is 52.5 Å². The number of carboxylic acid groups (broad SMARTS) is 1. The molecule has 0 aromatic carbocycles. The lowest BCUT2D eigenvalue weighted by Gasteiger charge is -2.31. The van der Waals surface area contributed by atoms with Gasteiger partial charge in [0.15, 0.2) is 11.5 Å². The summed E-state index contributed by atoms with van der Waals surface area (Å²) in [5, 5.41) is 9.33. The van der Waals surface area contributed by atoms with E-state index < -0.39 is 17.7 Å². The zero-order valence-corrected chi connectivity index (χ0v) is 14.2. The minimum Gasteiger partial charge on any atom is -0.476 e. The highest BCUT2D eigenvalue weighted by Crippen LogP contribution is 2.23. The van der Waals surface area contributed by atoms with Crippen molar-refractivity contribution in [2.45, 2.75) is 39.2 Å². The molecular formula is C16H23N3O5.